The van der Waals surface area contributed by atoms with Crippen molar-refractivity contribution >= 4 is 24.6 Å². The molecule has 1 amide bonds. The summed E-state index contributed by atoms with van der Waals surface area (Å²) in [5.41, 5.74) is 1.67. The lowest BCUT2D eigenvalue weighted by atomic mass is 9.49. The number of hydrogen-bond donors (Lipinski definition) is 0. The van der Waals surface area contributed by atoms with Crippen LogP contribution in [-0.2, 0) is 4.79 Å². The first kappa shape index (κ1) is 19.1. The van der Waals surface area contributed by atoms with Crippen LogP contribution in [0.2, 0.25) is 0 Å². The molecule has 4 aliphatic rings. The molecule has 3 aliphatic heterocycles. The van der Waals surface area contributed by atoms with Crippen LogP contribution in [0.3, 0.4) is 0 Å². The fourth-order valence-electron chi connectivity index (χ4n) is 5.06. The normalized spacial score (nSPS) is 27.1. The van der Waals surface area contributed by atoms with Crippen LogP contribution in [0.15, 0.2) is 58.0 Å². The van der Waals surface area contributed by atoms with Crippen molar-refractivity contribution in [1.29, 1.82) is 0 Å². The summed E-state index contributed by atoms with van der Waals surface area (Å²) in [5, 5.41) is 0. The first-order chi connectivity index (χ1) is 14.4. The average molecular weight is 413 g/mol. The van der Waals surface area contributed by atoms with Gasteiger partial charge in [0.2, 0.25) is 0 Å². The number of aliphatic imine (C=N–C) groups is 2. The lowest BCUT2D eigenvalue weighted by Crippen LogP contribution is -2.30. The van der Waals surface area contributed by atoms with Gasteiger partial charge >= 0.3 is 6.36 Å². The van der Waals surface area contributed by atoms with Crippen LogP contribution in [0.5, 0.6) is 5.75 Å². The predicted octanol–water partition coefficient (Wildman–Crippen LogP) is 3.59. The summed E-state index contributed by atoms with van der Waals surface area (Å²) < 4.78 is 42.5. The number of benzene rings is 1. The van der Waals surface area contributed by atoms with Gasteiger partial charge in [-0.15, -0.1) is 19.1 Å². The van der Waals surface area contributed by atoms with Crippen LogP contribution >= 0.6 is 0 Å². The predicted molar refractivity (Wildman–Crippen MR) is 108 cm³/mol. The number of para-hydroxylation sites is 1. The highest BCUT2D eigenvalue weighted by Crippen LogP contribution is 2.48. The quantitative estimate of drug-likeness (QED) is 0.712. The van der Waals surface area contributed by atoms with E-state index in [-0.39, 0.29) is 36.1 Å². The lowest BCUT2D eigenvalue weighted by Gasteiger charge is -2.21. The molecule has 0 spiro atoms. The largest absolute Gasteiger partial charge is 0.573 e. The summed E-state index contributed by atoms with van der Waals surface area (Å²) in [6, 6.07) is 6.37. The van der Waals surface area contributed by atoms with Crippen LogP contribution < -0.4 is 4.74 Å². The zero-order chi connectivity index (χ0) is 20.9. The summed E-state index contributed by atoms with van der Waals surface area (Å²) in [6.07, 6.45) is 0.290. The van der Waals surface area contributed by atoms with E-state index in [2.05, 4.69) is 14.7 Å². The van der Waals surface area contributed by atoms with E-state index in [0.717, 1.165) is 12.8 Å². The number of likely N-dealkylation sites (tertiary alicyclic amines) is 1. The number of rotatable bonds is 3. The molecule has 30 heavy (non-hydrogen) atoms. The van der Waals surface area contributed by atoms with E-state index < -0.39 is 6.36 Å². The highest BCUT2D eigenvalue weighted by atomic mass is 19.4. The average Bonchev–Trinajstić information content (AvgIpc) is 3.39. The number of alkyl halides is 3. The van der Waals surface area contributed by atoms with Crippen LogP contribution in [0.4, 0.5) is 13.2 Å². The third-order valence-electron chi connectivity index (χ3n) is 6.32. The summed E-state index contributed by atoms with van der Waals surface area (Å²) in [7, 11) is 0. The van der Waals surface area contributed by atoms with Gasteiger partial charge in [0.05, 0.1) is 5.73 Å². The van der Waals surface area contributed by atoms with E-state index in [1.54, 1.807) is 24.4 Å². The Bertz CT molecular complexity index is 987. The molecule has 2 fully saturated rings. The third-order valence-corrected chi connectivity index (χ3v) is 6.32. The number of fused-ring (bicyclic) bond motifs is 2. The Morgan fingerprint density at radius 2 is 1.90 bits per heavy atom. The lowest BCUT2D eigenvalue weighted by molar-refractivity contribution is -0.275. The van der Waals surface area contributed by atoms with E-state index >= 15 is 0 Å². The number of allylic oxidation sites excluding steroid dienone is 1. The summed E-state index contributed by atoms with van der Waals surface area (Å²) in [4.78, 5) is 23.3. The van der Waals surface area contributed by atoms with Crippen molar-refractivity contribution in [3.8, 4) is 5.75 Å². The van der Waals surface area contributed by atoms with Gasteiger partial charge in [0.25, 0.3) is 12.6 Å². The maximum Gasteiger partial charge on any atom is 0.573 e. The molecule has 0 bridgehead atoms. The van der Waals surface area contributed by atoms with E-state index in [4.69, 9.17) is 0 Å². The van der Waals surface area contributed by atoms with E-state index in [1.165, 1.54) is 6.07 Å². The Morgan fingerprint density at radius 3 is 2.60 bits per heavy atom. The van der Waals surface area contributed by atoms with Crippen molar-refractivity contribution in [1.82, 2.24) is 4.90 Å². The highest BCUT2D eigenvalue weighted by molar-refractivity contribution is 7.00. The van der Waals surface area contributed by atoms with Crippen LogP contribution in [0.25, 0.3) is 0 Å². The minimum Gasteiger partial charge on any atom is -0.405 e. The minimum absolute atomic E-state index is 0.00378. The van der Waals surface area contributed by atoms with Gasteiger partial charge in [-0.2, -0.15) is 0 Å². The van der Waals surface area contributed by atoms with Crippen molar-refractivity contribution in [2.24, 2.45) is 21.8 Å². The number of amides is 1. The topological polar surface area (TPSA) is 54.3 Å². The fraction of sp³-hybridized carbons (Fsp3) is 0.381. The molecule has 1 saturated heterocycles. The summed E-state index contributed by atoms with van der Waals surface area (Å²) >= 11 is 0. The number of hydrogen-bond acceptors (Lipinski definition) is 4. The molecular formula is C21H19BF3N3O2. The van der Waals surface area contributed by atoms with Crippen LogP contribution in [0.1, 0.15) is 24.3 Å². The van der Waals surface area contributed by atoms with Gasteiger partial charge in [0.1, 0.15) is 11.4 Å². The van der Waals surface area contributed by atoms with Gasteiger partial charge in [0.15, 0.2) is 0 Å². The van der Waals surface area contributed by atoms with Crippen LogP contribution in [-0.4, -0.2) is 48.9 Å². The number of carbonyl (C=O) groups is 1. The molecule has 3 heterocycles. The number of halogens is 3. The minimum atomic E-state index is -4.71. The van der Waals surface area contributed by atoms with Gasteiger partial charge in [-0.3, -0.25) is 9.79 Å². The molecule has 3 atom stereocenters. The number of ether oxygens (including phenoxy) is 1. The molecule has 9 heteroatoms. The van der Waals surface area contributed by atoms with Gasteiger partial charge in [0, 0.05) is 19.3 Å². The maximum atomic E-state index is 12.9. The van der Waals surface area contributed by atoms with Gasteiger partial charge in [-0.05, 0) is 42.2 Å². The van der Waals surface area contributed by atoms with Crippen molar-refractivity contribution in [2.75, 3.05) is 13.1 Å². The highest BCUT2D eigenvalue weighted by Gasteiger charge is 2.45. The maximum absolute atomic E-state index is 12.9. The molecule has 1 aromatic rings. The van der Waals surface area contributed by atoms with Crippen molar-refractivity contribution in [2.45, 2.75) is 25.1 Å². The van der Waals surface area contributed by atoms with Gasteiger partial charge in [-0.25, -0.2) is 4.99 Å². The third kappa shape index (κ3) is 3.57. The zero-order valence-corrected chi connectivity index (χ0v) is 16.0. The Balaban J connectivity index is 1.26. The van der Waals surface area contributed by atoms with Gasteiger partial charge in [-0.1, -0.05) is 30.3 Å². The smallest absolute Gasteiger partial charge is 0.405 e. The molecule has 5 rings (SSSR count). The fourth-order valence-corrected chi connectivity index (χ4v) is 5.06. The van der Waals surface area contributed by atoms with Crippen molar-refractivity contribution in [3.63, 3.8) is 0 Å². The Hall–Kier alpha value is -2.84. The molecule has 0 radical (unpaired) electrons. The Kier molecular flexibility index (Phi) is 4.56. The van der Waals surface area contributed by atoms with Crippen molar-refractivity contribution < 1.29 is 22.7 Å². The molecule has 1 saturated carbocycles. The monoisotopic (exact) mass is 413 g/mol. The second kappa shape index (κ2) is 7.14. The van der Waals surface area contributed by atoms with E-state index in [9.17, 15) is 18.0 Å². The van der Waals surface area contributed by atoms with E-state index in [0.29, 0.717) is 30.1 Å². The molecule has 0 aromatic heterocycles. The molecule has 1 aromatic carbocycles. The zero-order valence-electron chi connectivity index (χ0n) is 16.0. The number of nitrogens with zero attached hydrogens (tertiary/aromatic N) is 3. The molecule has 154 valence electrons. The molecular weight excluding hydrogens is 394 g/mol. The number of amidine groups is 1. The Labute approximate surface area is 172 Å². The van der Waals surface area contributed by atoms with Crippen molar-refractivity contribution in [3.05, 3.63) is 53.6 Å². The Morgan fingerprint density at radius 1 is 1.17 bits per heavy atom. The summed E-state index contributed by atoms with van der Waals surface area (Å²) in [6.45, 7) is 1.17. The number of carbonyl (C=O) groups excluding carboxylic acids is 1. The second-order valence-corrected chi connectivity index (χ2v) is 8.20. The van der Waals surface area contributed by atoms with Gasteiger partial charge < -0.3 is 9.64 Å². The molecule has 1 unspecified atom stereocenters. The molecule has 0 N–H and O–H groups in total. The SMILES string of the molecule is O=C(C1=CB2C=CC=NC2=N1)N1C[C@H]2CC(c3ccccc3OC(F)(F)F)C[C@H]2C1. The second-order valence-electron chi connectivity index (χ2n) is 8.20. The summed E-state index contributed by atoms with van der Waals surface area (Å²) in [5.74, 6) is 4.13. The standard InChI is InChI=1S/C21H19BF3N3O2/c23-21(24,25)30-18-5-2-1-4-16(18)13-8-14-11-28(12-15(14)9-13)19(29)17-10-22-6-3-7-26-20(22)27-17/h1-7,10,13-15H,8-9,11-12H2/t13?,14-,15+. The molecule has 5 nitrogen and oxygen atoms in total. The molecule has 1 aliphatic carbocycles. The van der Waals surface area contributed by atoms with E-state index in [1.807, 2.05) is 22.9 Å². The van der Waals surface area contributed by atoms with Crippen LogP contribution in [0, 0.1) is 11.8 Å². The first-order valence-corrected chi connectivity index (χ1v) is 10.0. The first-order valence-electron chi connectivity index (χ1n) is 10.0.